The van der Waals surface area contributed by atoms with Gasteiger partial charge in [0.2, 0.25) is 0 Å². The predicted molar refractivity (Wildman–Crippen MR) is 56.6 cm³/mol. The van der Waals surface area contributed by atoms with Crippen LogP contribution in [0.3, 0.4) is 0 Å². The van der Waals surface area contributed by atoms with Crippen molar-refractivity contribution in [2.75, 3.05) is 14.2 Å². The van der Waals surface area contributed by atoms with Gasteiger partial charge in [-0.05, 0) is 28.1 Å². The van der Waals surface area contributed by atoms with Gasteiger partial charge in [-0.15, -0.1) is 0 Å². The SMILES string of the molecule is COc1ccc(/C=N/O)c(Br)c1OC. The number of hydrogen-bond acceptors (Lipinski definition) is 4. The molecular formula is C9H10BrNO3. The van der Waals surface area contributed by atoms with Crippen LogP contribution in [0.15, 0.2) is 21.8 Å². The van der Waals surface area contributed by atoms with Crippen molar-refractivity contribution in [3.8, 4) is 11.5 Å². The standard InChI is InChI=1S/C9H10BrNO3/c1-13-7-4-3-6(5-11-12)8(10)9(7)14-2/h3-5,12H,1-2H3/b11-5+. The molecule has 0 radical (unpaired) electrons. The maximum absolute atomic E-state index is 8.41. The van der Waals surface area contributed by atoms with Gasteiger partial charge in [0.1, 0.15) is 0 Å². The fourth-order valence-electron chi connectivity index (χ4n) is 1.07. The van der Waals surface area contributed by atoms with Crippen molar-refractivity contribution in [3.63, 3.8) is 0 Å². The monoisotopic (exact) mass is 259 g/mol. The molecule has 0 saturated heterocycles. The first-order valence-electron chi connectivity index (χ1n) is 3.82. The molecule has 4 nitrogen and oxygen atoms in total. The molecule has 0 aromatic heterocycles. The molecule has 0 spiro atoms. The zero-order valence-electron chi connectivity index (χ0n) is 7.82. The Labute approximate surface area is 90.3 Å². The molecule has 0 bridgehead atoms. The van der Waals surface area contributed by atoms with Crippen LogP contribution in [0.2, 0.25) is 0 Å². The lowest BCUT2D eigenvalue weighted by atomic mass is 10.2. The molecule has 5 heteroatoms. The van der Waals surface area contributed by atoms with Gasteiger partial charge >= 0.3 is 0 Å². The first-order chi connectivity index (χ1) is 6.74. The van der Waals surface area contributed by atoms with Crippen molar-refractivity contribution in [2.24, 2.45) is 5.16 Å². The molecule has 0 amide bonds. The summed E-state index contributed by atoms with van der Waals surface area (Å²) in [5.74, 6) is 1.19. The highest BCUT2D eigenvalue weighted by molar-refractivity contribution is 9.10. The minimum Gasteiger partial charge on any atom is -0.493 e. The number of halogens is 1. The summed E-state index contributed by atoms with van der Waals surface area (Å²) in [6, 6.07) is 3.49. The van der Waals surface area contributed by atoms with E-state index in [9.17, 15) is 0 Å². The number of methoxy groups -OCH3 is 2. The number of oxime groups is 1. The van der Waals surface area contributed by atoms with E-state index in [4.69, 9.17) is 14.7 Å². The van der Waals surface area contributed by atoms with Crippen LogP contribution < -0.4 is 9.47 Å². The Morgan fingerprint density at radius 1 is 1.36 bits per heavy atom. The summed E-state index contributed by atoms with van der Waals surface area (Å²) in [5.41, 5.74) is 0.713. The van der Waals surface area contributed by atoms with Gasteiger partial charge in [-0.2, -0.15) is 0 Å². The van der Waals surface area contributed by atoms with Gasteiger partial charge in [0.05, 0.1) is 24.9 Å². The molecule has 1 rings (SSSR count). The Bertz CT molecular complexity index is 352. The Kier molecular flexibility index (Phi) is 3.76. The maximum Gasteiger partial charge on any atom is 0.175 e. The summed E-state index contributed by atoms with van der Waals surface area (Å²) in [4.78, 5) is 0. The van der Waals surface area contributed by atoms with Gasteiger partial charge in [0, 0.05) is 5.56 Å². The third-order valence-corrected chi connectivity index (χ3v) is 2.53. The summed E-state index contributed by atoms with van der Waals surface area (Å²) in [7, 11) is 3.10. The molecule has 0 saturated carbocycles. The molecule has 1 aromatic carbocycles. The highest BCUT2D eigenvalue weighted by Crippen LogP contribution is 2.36. The van der Waals surface area contributed by atoms with Crippen molar-refractivity contribution in [1.82, 2.24) is 0 Å². The topological polar surface area (TPSA) is 51.0 Å². The molecule has 0 aliphatic carbocycles. The second-order valence-electron chi connectivity index (χ2n) is 2.45. The summed E-state index contributed by atoms with van der Waals surface area (Å²) in [6.07, 6.45) is 1.31. The van der Waals surface area contributed by atoms with Crippen molar-refractivity contribution in [1.29, 1.82) is 0 Å². The molecular weight excluding hydrogens is 250 g/mol. The van der Waals surface area contributed by atoms with E-state index in [1.807, 2.05) is 0 Å². The zero-order valence-corrected chi connectivity index (χ0v) is 9.41. The average molecular weight is 260 g/mol. The van der Waals surface area contributed by atoms with Crippen LogP contribution in [-0.4, -0.2) is 25.6 Å². The first-order valence-corrected chi connectivity index (χ1v) is 4.61. The van der Waals surface area contributed by atoms with Crippen molar-refractivity contribution in [2.45, 2.75) is 0 Å². The van der Waals surface area contributed by atoms with Crippen molar-refractivity contribution in [3.05, 3.63) is 22.2 Å². The van der Waals surface area contributed by atoms with Gasteiger partial charge < -0.3 is 14.7 Å². The van der Waals surface area contributed by atoms with Crippen LogP contribution >= 0.6 is 15.9 Å². The van der Waals surface area contributed by atoms with Crippen LogP contribution in [0.25, 0.3) is 0 Å². The molecule has 0 aliphatic heterocycles. The Balaban J connectivity index is 3.27. The largest absolute Gasteiger partial charge is 0.493 e. The summed E-state index contributed by atoms with van der Waals surface area (Å²) in [5, 5.41) is 11.4. The molecule has 0 aliphatic rings. The van der Waals surface area contributed by atoms with Gasteiger partial charge in [-0.3, -0.25) is 0 Å². The van der Waals surface area contributed by atoms with E-state index in [0.29, 0.717) is 21.5 Å². The summed E-state index contributed by atoms with van der Waals surface area (Å²) >= 11 is 3.33. The van der Waals surface area contributed by atoms with Crippen LogP contribution in [-0.2, 0) is 0 Å². The molecule has 0 heterocycles. The molecule has 0 unspecified atom stereocenters. The molecule has 76 valence electrons. The third-order valence-electron chi connectivity index (χ3n) is 1.71. The highest BCUT2D eigenvalue weighted by Gasteiger charge is 2.11. The smallest absolute Gasteiger partial charge is 0.175 e. The lowest BCUT2D eigenvalue weighted by Crippen LogP contribution is -1.94. The van der Waals surface area contributed by atoms with Gasteiger partial charge in [-0.25, -0.2) is 0 Å². The average Bonchev–Trinajstić information content (AvgIpc) is 2.21. The number of hydrogen-bond donors (Lipinski definition) is 1. The van der Waals surface area contributed by atoms with E-state index < -0.39 is 0 Å². The molecule has 1 N–H and O–H groups in total. The minimum absolute atomic E-state index is 0.574. The summed E-state index contributed by atoms with van der Waals surface area (Å²) < 4.78 is 10.9. The second kappa shape index (κ2) is 4.85. The third kappa shape index (κ3) is 1.98. The van der Waals surface area contributed by atoms with E-state index in [-0.39, 0.29) is 0 Å². The van der Waals surface area contributed by atoms with E-state index >= 15 is 0 Å². The quantitative estimate of drug-likeness (QED) is 0.515. The van der Waals surface area contributed by atoms with Crippen LogP contribution in [0.5, 0.6) is 11.5 Å². The van der Waals surface area contributed by atoms with Crippen molar-refractivity contribution < 1.29 is 14.7 Å². The fraction of sp³-hybridized carbons (Fsp3) is 0.222. The normalized spacial score (nSPS) is 10.5. The Hall–Kier alpha value is -1.23. The zero-order chi connectivity index (χ0) is 10.6. The van der Waals surface area contributed by atoms with E-state index in [1.54, 1.807) is 26.4 Å². The van der Waals surface area contributed by atoms with Gasteiger partial charge in [0.25, 0.3) is 0 Å². The van der Waals surface area contributed by atoms with Crippen LogP contribution in [0.1, 0.15) is 5.56 Å². The molecule has 1 aromatic rings. The first kappa shape index (κ1) is 10.8. The van der Waals surface area contributed by atoms with Gasteiger partial charge in [0.15, 0.2) is 11.5 Å². The predicted octanol–water partition coefficient (Wildman–Crippen LogP) is 2.27. The van der Waals surface area contributed by atoms with E-state index in [0.717, 1.165) is 0 Å². The molecule has 0 atom stereocenters. The minimum atomic E-state index is 0.574. The van der Waals surface area contributed by atoms with Crippen molar-refractivity contribution >= 4 is 22.1 Å². The fourth-order valence-corrected chi connectivity index (χ4v) is 1.66. The lowest BCUT2D eigenvalue weighted by Gasteiger charge is -2.10. The lowest BCUT2D eigenvalue weighted by molar-refractivity contribution is 0.321. The molecule has 14 heavy (non-hydrogen) atoms. The van der Waals surface area contributed by atoms with E-state index in [2.05, 4.69) is 21.1 Å². The highest BCUT2D eigenvalue weighted by atomic mass is 79.9. The Morgan fingerprint density at radius 3 is 2.57 bits per heavy atom. The van der Waals surface area contributed by atoms with Crippen LogP contribution in [0, 0.1) is 0 Å². The number of rotatable bonds is 3. The number of nitrogens with zero attached hydrogens (tertiary/aromatic N) is 1. The van der Waals surface area contributed by atoms with Gasteiger partial charge in [-0.1, -0.05) is 5.16 Å². The van der Waals surface area contributed by atoms with Crippen LogP contribution in [0.4, 0.5) is 0 Å². The Morgan fingerprint density at radius 2 is 2.07 bits per heavy atom. The molecule has 0 fully saturated rings. The number of ether oxygens (including phenoxy) is 2. The number of benzene rings is 1. The van der Waals surface area contributed by atoms with E-state index in [1.165, 1.54) is 6.21 Å². The maximum atomic E-state index is 8.41. The summed E-state index contributed by atoms with van der Waals surface area (Å²) in [6.45, 7) is 0. The second-order valence-corrected chi connectivity index (χ2v) is 3.24.